The van der Waals surface area contributed by atoms with Gasteiger partial charge in [-0.25, -0.2) is 19.8 Å². The summed E-state index contributed by atoms with van der Waals surface area (Å²) in [5.41, 5.74) is 3.00. The van der Waals surface area contributed by atoms with E-state index in [1.165, 1.54) is 12.4 Å². The minimum atomic E-state index is -0.988. The van der Waals surface area contributed by atoms with Gasteiger partial charge in [-0.3, -0.25) is 9.63 Å². The van der Waals surface area contributed by atoms with Crippen LogP contribution in [0.2, 0.25) is 0 Å². The summed E-state index contributed by atoms with van der Waals surface area (Å²) in [5.74, 6) is 0.207. The van der Waals surface area contributed by atoms with Crippen LogP contribution in [0, 0.1) is 0 Å². The summed E-state index contributed by atoms with van der Waals surface area (Å²) in [7, 11) is 1.57. The lowest BCUT2D eigenvalue weighted by molar-refractivity contribution is -0.111. The van der Waals surface area contributed by atoms with Gasteiger partial charge in [-0.15, -0.1) is 0 Å². The van der Waals surface area contributed by atoms with Crippen molar-refractivity contribution in [2.45, 2.75) is 12.5 Å². The van der Waals surface area contributed by atoms with E-state index in [-0.39, 0.29) is 17.5 Å². The van der Waals surface area contributed by atoms with Crippen LogP contribution in [0.25, 0.3) is 0 Å². The van der Waals surface area contributed by atoms with Crippen molar-refractivity contribution in [2.75, 3.05) is 60.6 Å². The van der Waals surface area contributed by atoms with Crippen LogP contribution < -0.4 is 25.3 Å². The van der Waals surface area contributed by atoms with Crippen molar-refractivity contribution < 1.29 is 29.0 Å². The summed E-state index contributed by atoms with van der Waals surface area (Å²) < 4.78 is 11.2. The maximum atomic E-state index is 12.2. The highest BCUT2D eigenvalue weighted by Gasteiger charge is 2.30. The summed E-state index contributed by atoms with van der Waals surface area (Å²) in [4.78, 5) is 40.5. The van der Waals surface area contributed by atoms with Gasteiger partial charge in [0.2, 0.25) is 5.91 Å². The van der Waals surface area contributed by atoms with Crippen molar-refractivity contribution in [3.8, 4) is 5.75 Å². The van der Waals surface area contributed by atoms with Gasteiger partial charge in [0, 0.05) is 31.6 Å². The van der Waals surface area contributed by atoms with Crippen molar-refractivity contribution in [1.29, 1.82) is 0 Å². The number of carbonyl (C=O) groups is 2. The third-order valence-electron chi connectivity index (χ3n) is 6.68. The first kappa shape index (κ1) is 26.9. The number of rotatable bonds is 9. The molecule has 3 heterocycles. The predicted octanol–water partition coefficient (Wildman–Crippen LogP) is 3.77. The molecule has 3 aromatic rings. The molecule has 3 N–H and O–H groups in total. The monoisotopic (exact) mass is 546 g/mol. The molecular formula is C28H30N6O6. The van der Waals surface area contributed by atoms with E-state index in [1.54, 1.807) is 42.5 Å². The Labute approximate surface area is 231 Å². The fourth-order valence-electron chi connectivity index (χ4n) is 4.74. The third kappa shape index (κ3) is 5.82. The fraction of sp³-hybridized carbons (Fsp3) is 0.286. The van der Waals surface area contributed by atoms with Gasteiger partial charge in [0.15, 0.2) is 5.82 Å². The smallest absolute Gasteiger partial charge is 0.335 e. The van der Waals surface area contributed by atoms with E-state index in [0.29, 0.717) is 68.1 Å². The molecule has 40 heavy (non-hydrogen) atoms. The van der Waals surface area contributed by atoms with Crippen molar-refractivity contribution in [2.24, 2.45) is 0 Å². The number of aromatic nitrogens is 2. The predicted molar refractivity (Wildman–Crippen MR) is 149 cm³/mol. The maximum absolute atomic E-state index is 12.2. The highest BCUT2D eigenvalue weighted by molar-refractivity contribution is 6.02. The Morgan fingerprint density at radius 3 is 2.70 bits per heavy atom. The molecule has 2 fully saturated rings. The molecule has 12 heteroatoms. The number of methoxy groups -OCH3 is 1. The SMILES string of the molecule is C=CC(=O)Nc1cc(Nc2cc(N3OCC[C@@H]3c3cccc(C(=O)O)c3)ncn2)c(OC)cc1N1CCOCC1. The Bertz CT molecular complexity index is 1410. The number of hydrogen-bond acceptors (Lipinski definition) is 10. The Morgan fingerprint density at radius 1 is 1.12 bits per heavy atom. The number of hydroxylamine groups is 1. The topological polar surface area (TPSA) is 138 Å². The molecule has 12 nitrogen and oxygen atoms in total. The lowest BCUT2D eigenvalue weighted by Gasteiger charge is -2.31. The highest BCUT2D eigenvalue weighted by atomic mass is 16.7. The van der Waals surface area contributed by atoms with Crippen LogP contribution in [0.1, 0.15) is 28.4 Å². The Kier molecular flexibility index (Phi) is 8.08. The zero-order valence-corrected chi connectivity index (χ0v) is 22.0. The van der Waals surface area contributed by atoms with Gasteiger partial charge in [-0.05, 0) is 29.8 Å². The second kappa shape index (κ2) is 12.0. The van der Waals surface area contributed by atoms with E-state index in [1.807, 2.05) is 12.1 Å². The molecule has 0 bridgehead atoms. The summed E-state index contributed by atoms with van der Waals surface area (Å²) >= 11 is 0. The molecule has 0 spiro atoms. The fourth-order valence-corrected chi connectivity index (χ4v) is 4.74. The van der Waals surface area contributed by atoms with Crippen LogP contribution in [0.15, 0.2) is 61.4 Å². The minimum absolute atomic E-state index is 0.210. The average molecular weight is 547 g/mol. The number of morpholine rings is 1. The van der Waals surface area contributed by atoms with E-state index < -0.39 is 5.97 Å². The quantitative estimate of drug-likeness (QED) is 0.338. The Hall–Kier alpha value is -4.68. The second-order valence-corrected chi connectivity index (χ2v) is 9.14. The van der Waals surface area contributed by atoms with E-state index >= 15 is 0 Å². The number of aromatic carboxylic acids is 1. The number of hydrogen-bond donors (Lipinski definition) is 3. The number of anilines is 5. The van der Waals surface area contributed by atoms with E-state index in [4.69, 9.17) is 14.3 Å². The number of carbonyl (C=O) groups excluding carboxylic acids is 1. The van der Waals surface area contributed by atoms with Crippen molar-refractivity contribution >= 4 is 40.6 Å². The molecule has 0 saturated carbocycles. The lowest BCUT2D eigenvalue weighted by Crippen LogP contribution is -2.36. The Balaban J connectivity index is 1.44. The molecule has 2 aliphatic heterocycles. The van der Waals surface area contributed by atoms with E-state index in [2.05, 4.69) is 32.1 Å². The van der Waals surface area contributed by atoms with Gasteiger partial charge in [-0.1, -0.05) is 18.7 Å². The summed E-state index contributed by atoms with van der Waals surface area (Å²) in [5, 5.41) is 17.2. The maximum Gasteiger partial charge on any atom is 0.335 e. The molecular weight excluding hydrogens is 516 g/mol. The largest absolute Gasteiger partial charge is 0.494 e. The molecule has 1 amide bonds. The first-order valence-electron chi connectivity index (χ1n) is 12.8. The molecule has 0 radical (unpaired) electrons. The zero-order valence-electron chi connectivity index (χ0n) is 22.0. The van der Waals surface area contributed by atoms with Crippen molar-refractivity contribution in [1.82, 2.24) is 9.97 Å². The van der Waals surface area contributed by atoms with Crippen LogP contribution in [0.3, 0.4) is 0 Å². The molecule has 208 valence electrons. The van der Waals surface area contributed by atoms with E-state index in [9.17, 15) is 14.7 Å². The summed E-state index contributed by atoms with van der Waals surface area (Å²) in [6.07, 6.45) is 3.30. The first-order valence-corrected chi connectivity index (χ1v) is 12.8. The van der Waals surface area contributed by atoms with Gasteiger partial charge in [0.25, 0.3) is 0 Å². The normalized spacial score (nSPS) is 16.9. The number of benzene rings is 2. The van der Waals surface area contributed by atoms with Gasteiger partial charge < -0.3 is 30.1 Å². The van der Waals surface area contributed by atoms with Crippen molar-refractivity contribution in [3.63, 3.8) is 0 Å². The standard InChI is InChI=1S/C28H30N6O6/c1-3-27(35)32-20-14-21(24(38-2)15-23(20)33-8-11-39-12-9-33)31-25-16-26(30-17-29-25)34-22(7-10-40-34)18-5-4-6-19(13-18)28(36)37/h3-6,13-17,22H,1,7-12H2,2H3,(H,32,35)(H,36,37)(H,29,30,31)/t22-/m1/s1. The summed E-state index contributed by atoms with van der Waals surface area (Å²) in [6, 6.07) is 12.0. The molecule has 5 rings (SSSR count). The molecule has 2 aromatic carbocycles. The van der Waals surface area contributed by atoms with Gasteiger partial charge in [0.05, 0.1) is 55.6 Å². The van der Waals surface area contributed by atoms with E-state index in [0.717, 1.165) is 11.3 Å². The van der Waals surface area contributed by atoms with Crippen LogP contribution >= 0.6 is 0 Å². The zero-order chi connectivity index (χ0) is 28.1. The number of amides is 1. The van der Waals surface area contributed by atoms with Gasteiger partial charge in [-0.2, -0.15) is 0 Å². The average Bonchev–Trinajstić information content (AvgIpc) is 3.48. The Morgan fingerprint density at radius 2 is 1.95 bits per heavy atom. The molecule has 2 saturated heterocycles. The number of nitrogens with zero attached hydrogens (tertiary/aromatic N) is 4. The number of carboxylic acid groups (broad SMARTS) is 1. The molecule has 1 atom stereocenters. The highest BCUT2D eigenvalue weighted by Crippen LogP contribution is 2.40. The van der Waals surface area contributed by atoms with Crippen molar-refractivity contribution in [3.05, 3.63) is 72.6 Å². The minimum Gasteiger partial charge on any atom is -0.494 e. The molecule has 0 unspecified atom stereocenters. The first-order chi connectivity index (χ1) is 19.5. The van der Waals surface area contributed by atoms with Crippen LogP contribution in [0.4, 0.5) is 28.7 Å². The van der Waals surface area contributed by atoms with Crippen LogP contribution in [-0.2, 0) is 14.4 Å². The molecule has 2 aliphatic rings. The van der Waals surface area contributed by atoms with Crippen LogP contribution in [-0.4, -0.2) is 67.0 Å². The molecule has 1 aromatic heterocycles. The lowest BCUT2D eigenvalue weighted by atomic mass is 10.0. The summed E-state index contributed by atoms with van der Waals surface area (Å²) in [6.45, 7) is 6.54. The molecule has 0 aliphatic carbocycles. The number of nitrogens with one attached hydrogen (secondary N) is 2. The second-order valence-electron chi connectivity index (χ2n) is 9.14. The van der Waals surface area contributed by atoms with Crippen LogP contribution in [0.5, 0.6) is 5.75 Å². The number of carboxylic acids is 1. The van der Waals surface area contributed by atoms with Gasteiger partial charge in [0.1, 0.15) is 17.9 Å². The number of ether oxygens (including phenoxy) is 2. The third-order valence-corrected chi connectivity index (χ3v) is 6.68. The van der Waals surface area contributed by atoms with Gasteiger partial charge >= 0.3 is 5.97 Å².